The summed E-state index contributed by atoms with van der Waals surface area (Å²) >= 11 is 0. The molecular formula is C10H24FN. The first-order valence-electron chi connectivity index (χ1n) is 4.01. The zero-order chi connectivity index (χ0) is 11.0. The monoisotopic (exact) mass is 177 g/mol. The molecule has 0 saturated heterocycles. The van der Waals surface area contributed by atoms with E-state index in [0.29, 0.717) is 7.18 Å². The zero-order valence-corrected chi connectivity index (χ0v) is 9.23. The highest BCUT2D eigenvalue weighted by Gasteiger charge is 1.74. The van der Waals surface area contributed by atoms with Crippen molar-refractivity contribution in [3.63, 3.8) is 0 Å². The molecule has 0 rings (SSSR count). The van der Waals surface area contributed by atoms with Crippen molar-refractivity contribution in [2.45, 2.75) is 20.8 Å². The Balaban J connectivity index is -0.0000000453. The summed E-state index contributed by atoms with van der Waals surface area (Å²) in [7, 11) is 2.49. The highest BCUT2D eigenvalue weighted by atomic mass is 19.1. The van der Waals surface area contributed by atoms with E-state index in [4.69, 9.17) is 0 Å². The van der Waals surface area contributed by atoms with Crippen molar-refractivity contribution in [2.24, 2.45) is 0 Å². The third-order valence-electron chi connectivity index (χ3n) is 0.810. The lowest BCUT2D eigenvalue weighted by Gasteiger charge is -2.06. The summed E-state index contributed by atoms with van der Waals surface area (Å²) in [6.45, 7) is 16.7. The third-order valence-corrected chi connectivity index (χ3v) is 0.810. The van der Waals surface area contributed by atoms with Crippen LogP contribution >= 0.6 is 0 Å². The Bertz CT molecular complexity index is 55.8. The van der Waals surface area contributed by atoms with Crippen LogP contribution in [0.4, 0.5) is 4.39 Å². The van der Waals surface area contributed by atoms with Crippen molar-refractivity contribution in [2.75, 3.05) is 20.8 Å². The number of nitrogens with zero attached hydrogens (tertiary/aromatic N) is 1. The van der Waals surface area contributed by atoms with E-state index in [1.807, 2.05) is 25.8 Å². The quantitative estimate of drug-likeness (QED) is 0.583. The predicted molar refractivity (Wildman–Crippen MR) is 58.1 cm³/mol. The predicted octanol–water partition coefficient (Wildman–Crippen LogP) is 3.50. The lowest BCUT2D eigenvalue weighted by molar-refractivity contribution is 0.486. The Kier molecular flexibility index (Phi) is 91.5. The average molecular weight is 177 g/mol. The van der Waals surface area contributed by atoms with E-state index in [1.54, 1.807) is 6.20 Å². The summed E-state index contributed by atoms with van der Waals surface area (Å²) in [5.41, 5.74) is 0. The van der Waals surface area contributed by atoms with Gasteiger partial charge >= 0.3 is 0 Å². The van der Waals surface area contributed by atoms with Gasteiger partial charge in [-0.05, 0) is 13.1 Å². The second kappa shape index (κ2) is 48.9. The number of hydrogen-bond acceptors (Lipinski definition) is 1. The second-order valence-corrected chi connectivity index (χ2v) is 1.26. The van der Waals surface area contributed by atoms with Crippen molar-refractivity contribution >= 4 is 0 Å². The minimum atomic E-state index is 0.500. The van der Waals surface area contributed by atoms with Crippen molar-refractivity contribution in [3.8, 4) is 0 Å². The molecule has 12 heavy (non-hydrogen) atoms. The topological polar surface area (TPSA) is 3.24 Å². The van der Waals surface area contributed by atoms with Gasteiger partial charge in [0.1, 0.15) is 0 Å². The van der Waals surface area contributed by atoms with Gasteiger partial charge < -0.3 is 4.90 Å². The van der Waals surface area contributed by atoms with Crippen LogP contribution in [0.25, 0.3) is 0 Å². The highest BCUT2D eigenvalue weighted by molar-refractivity contribution is 4.62. The minimum absolute atomic E-state index is 0.500. The molecule has 0 aliphatic carbocycles. The van der Waals surface area contributed by atoms with Crippen LogP contribution in [-0.2, 0) is 0 Å². The molecule has 0 aromatic carbocycles. The molecule has 0 unspecified atom stereocenters. The van der Waals surface area contributed by atoms with E-state index in [0.717, 1.165) is 6.54 Å². The van der Waals surface area contributed by atoms with Gasteiger partial charge in [0.15, 0.2) is 0 Å². The summed E-state index contributed by atoms with van der Waals surface area (Å²) in [4.78, 5) is 2.01. The molecule has 0 N–H and O–H groups in total. The highest BCUT2D eigenvalue weighted by Crippen LogP contribution is 1.74. The molecule has 0 spiro atoms. The number of rotatable bonds is 2. The van der Waals surface area contributed by atoms with E-state index in [2.05, 4.69) is 26.7 Å². The van der Waals surface area contributed by atoms with Crippen LogP contribution in [0.5, 0.6) is 0 Å². The molecule has 0 amide bonds. The van der Waals surface area contributed by atoms with Gasteiger partial charge in [-0.3, -0.25) is 4.39 Å². The largest absolute Gasteiger partial charge is 0.381 e. The van der Waals surface area contributed by atoms with Crippen molar-refractivity contribution in [1.29, 1.82) is 0 Å². The number of halogens is 1. The van der Waals surface area contributed by atoms with E-state index < -0.39 is 0 Å². The Labute approximate surface area is 77.6 Å². The lowest BCUT2D eigenvalue weighted by atomic mass is 10.7. The van der Waals surface area contributed by atoms with Gasteiger partial charge in [-0.15, -0.1) is 13.2 Å². The third kappa shape index (κ3) is 60.2. The molecule has 0 saturated carbocycles. The molecule has 1 nitrogen and oxygen atoms in total. The maximum absolute atomic E-state index is 9.50. The van der Waals surface area contributed by atoms with Gasteiger partial charge in [0.05, 0.1) is 7.18 Å². The van der Waals surface area contributed by atoms with Crippen molar-refractivity contribution in [1.82, 2.24) is 4.90 Å². The van der Waals surface area contributed by atoms with Gasteiger partial charge in [-0.25, -0.2) is 0 Å². The van der Waals surface area contributed by atoms with Crippen LogP contribution in [0.2, 0.25) is 0 Å². The van der Waals surface area contributed by atoms with Crippen LogP contribution in [0.1, 0.15) is 20.8 Å². The van der Waals surface area contributed by atoms with Gasteiger partial charge in [-0.1, -0.05) is 20.4 Å². The summed E-state index contributed by atoms with van der Waals surface area (Å²) in [6.07, 6.45) is 1.81. The van der Waals surface area contributed by atoms with Crippen molar-refractivity contribution in [3.05, 3.63) is 25.9 Å². The number of hydrogen-bond donors (Lipinski definition) is 0. The normalized spacial score (nSPS) is 5.17. The van der Waals surface area contributed by atoms with E-state index in [9.17, 15) is 4.39 Å². The molecule has 0 aliphatic heterocycles. The molecule has 0 aromatic rings. The first kappa shape index (κ1) is 22.5. The molecule has 76 valence electrons. The van der Waals surface area contributed by atoms with Crippen LogP contribution in [0.3, 0.4) is 0 Å². The van der Waals surface area contributed by atoms with Gasteiger partial charge in [0.2, 0.25) is 0 Å². The molecule has 0 bridgehead atoms. The minimum Gasteiger partial charge on any atom is -0.381 e. The molecule has 0 heterocycles. The SMILES string of the molecule is C=C.C=CN(C)CC.CC.CF. The average Bonchev–Trinajstić information content (AvgIpc) is 2.25. The summed E-state index contributed by atoms with van der Waals surface area (Å²) in [5.74, 6) is 0. The smallest absolute Gasteiger partial charge is 0.0785 e. The Hall–Kier alpha value is -0.790. The maximum atomic E-state index is 9.50. The summed E-state index contributed by atoms with van der Waals surface area (Å²) in [6, 6.07) is 0. The second-order valence-electron chi connectivity index (χ2n) is 1.26. The van der Waals surface area contributed by atoms with E-state index in [1.165, 1.54) is 0 Å². The zero-order valence-electron chi connectivity index (χ0n) is 9.23. The molecule has 0 aliphatic rings. The molecular weight excluding hydrogens is 153 g/mol. The first-order valence-corrected chi connectivity index (χ1v) is 4.01. The molecule has 0 atom stereocenters. The van der Waals surface area contributed by atoms with Crippen LogP contribution in [0, 0.1) is 0 Å². The van der Waals surface area contributed by atoms with Crippen LogP contribution in [-0.4, -0.2) is 25.7 Å². The van der Waals surface area contributed by atoms with E-state index in [-0.39, 0.29) is 0 Å². The Morgan fingerprint density at radius 3 is 1.50 bits per heavy atom. The first-order chi connectivity index (χ1) is 5.81. The summed E-state index contributed by atoms with van der Waals surface area (Å²) < 4.78 is 9.50. The molecule has 0 fully saturated rings. The van der Waals surface area contributed by atoms with Crippen molar-refractivity contribution < 1.29 is 4.39 Å². The molecule has 2 heteroatoms. The Morgan fingerprint density at radius 2 is 1.50 bits per heavy atom. The van der Waals surface area contributed by atoms with Gasteiger partial charge in [0, 0.05) is 13.6 Å². The molecule has 0 radical (unpaired) electrons. The van der Waals surface area contributed by atoms with E-state index >= 15 is 0 Å². The van der Waals surface area contributed by atoms with Crippen LogP contribution in [0.15, 0.2) is 25.9 Å². The fraction of sp³-hybridized carbons (Fsp3) is 0.600. The fourth-order valence-electron chi connectivity index (χ4n) is 0.129. The summed E-state index contributed by atoms with van der Waals surface area (Å²) in [5, 5.41) is 0. The molecule has 0 aromatic heterocycles. The van der Waals surface area contributed by atoms with Crippen LogP contribution < -0.4 is 0 Å². The maximum Gasteiger partial charge on any atom is 0.0785 e. The van der Waals surface area contributed by atoms with Gasteiger partial charge in [0.25, 0.3) is 0 Å². The Morgan fingerprint density at radius 1 is 1.25 bits per heavy atom. The van der Waals surface area contributed by atoms with Gasteiger partial charge in [-0.2, -0.15) is 0 Å². The fourth-order valence-corrected chi connectivity index (χ4v) is 0.129. The lowest BCUT2D eigenvalue weighted by Crippen LogP contribution is -2.06. The number of alkyl halides is 1. The standard InChI is InChI=1S/C5H11N.C2H6.C2H4.CH3F/c1-4-6(3)5-2;3*1-2/h4H,1,5H2,2-3H3;1-2H3;1-2H2;1H3.